The highest BCUT2D eigenvalue weighted by Gasteiger charge is 2.40. The molecule has 0 aromatic heterocycles. The van der Waals surface area contributed by atoms with Crippen LogP contribution in [-0.4, -0.2) is 54.4 Å². The molecule has 7 heteroatoms. The Kier molecular flexibility index (Phi) is 4.56. The van der Waals surface area contributed by atoms with E-state index in [2.05, 4.69) is 9.89 Å². The number of ether oxygens (including phenoxy) is 2. The van der Waals surface area contributed by atoms with E-state index in [1.165, 1.54) is 7.11 Å². The van der Waals surface area contributed by atoms with Crippen molar-refractivity contribution < 1.29 is 19.5 Å². The molecule has 0 spiro atoms. The lowest BCUT2D eigenvalue weighted by Crippen LogP contribution is -2.55. The number of likely N-dealkylation sites (tertiary alicyclic amines) is 1. The zero-order valence-corrected chi connectivity index (χ0v) is 10.2. The van der Waals surface area contributed by atoms with Crippen molar-refractivity contribution in [2.45, 2.75) is 25.4 Å². The second kappa shape index (κ2) is 5.72. The summed E-state index contributed by atoms with van der Waals surface area (Å²) in [5, 5.41) is 11.8. The fraction of sp³-hybridized carbons (Fsp3) is 0.800. The lowest BCUT2D eigenvalue weighted by molar-refractivity contribution is -0.0296. The standard InChI is InChI=1S/C10H19N3O4/c1-3-17-10(8(11)12-15)4-6-13(7-5-10)9(14)16-2/h15H,3-7H2,1-2H3,(H2,11,12). The van der Waals surface area contributed by atoms with E-state index in [1.807, 2.05) is 6.92 Å². The van der Waals surface area contributed by atoms with Crippen LogP contribution in [0.4, 0.5) is 4.79 Å². The number of carbonyl (C=O) groups is 1. The van der Waals surface area contributed by atoms with Crippen LogP contribution in [0.5, 0.6) is 0 Å². The molecule has 17 heavy (non-hydrogen) atoms. The highest BCUT2D eigenvalue weighted by Crippen LogP contribution is 2.27. The Morgan fingerprint density at radius 1 is 1.53 bits per heavy atom. The number of amides is 1. The predicted molar refractivity (Wildman–Crippen MR) is 61.0 cm³/mol. The van der Waals surface area contributed by atoms with Gasteiger partial charge in [0.25, 0.3) is 0 Å². The monoisotopic (exact) mass is 245 g/mol. The molecule has 1 heterocycles. The van der Waals surface area contributed by atoms with E-state index in [0.717, 1.165) is 0 Å². The molecule has 1 rings (SSSR count). The first-order chi connectivity index (χ1) is 8.09. The summed E-state index contributed by atoms with van der Waals surface area (Å²) >= 11 is 0. The van der Waals surface area contributed by atoms with Gasteiger partial charge in [-0.3, -0.25) is 0 Å². The van der Waals surface area contributed by atoms with Gasteiger partial charge in [0.05, 0.1) is 7.11 Å². The fourth-order valence-electron chi connectivity index (χ4n) is 2.02. The van der Waals surface area contributed by atoms with Crippen molar-refractivity contribution in [1.29, 1.82) is 0 Å². The van der Waals surface area contributed by atoms with Crippen LogP contribution in [0.15, 0.2) is 5.16 Å². The maximum Gasteiger partial charge on any atom is 0.409 e. The van der Waals surface area contributed by atoms with Crippen molar-refractivity contribution in [2.24, 2.45) is 10.9 Å². The van der Waals surface area contributed by atoms with Gasteiger partial charge in [0.2, 0.25) is 0 Å². The number of hydrogen-bond acceptors (Lipinski definition) is 5. The summed E-state index contributed by atoms with van der Waals surface area (Å²) in [5.74, 6) is 0.0591. The third-order valence-electron chi connectivity index (χ3n) is 3.00. The normalized spacial score (nSPS) is 20.1. The molecule has 0 atom stereocenters. The van der Waals surface area contributed by atoms with Crippen molar-refractivity contribution in [2.75, 3.05) is 26.8 Å². The van der Waals surface area contributed by atoms with Crippen molar-refractivity contribution in [3.8, 4) is 0 Å². The molecule has 7 nitrogen and oxygen atoms in total. The minimum atomic E-state index is -0.770. The summed E-state index contributed by atoms with van der Waals surface area (Å²) in [5.41, 5.74) is 4.89. The van der Waals surface area contributed by atoms with E-state index in [1.54, 1.807) is 4.90 Å². The smallest absolute Gasteiger partial charge is 0.409 e. The van der Waals surface area contributed by atoms with Crippen LogP contribution in [0.2, 0.25) is 0 Å². The summed E-state index contributed by atoms with van der Waals surface area (Å²) in [4.78, 5) is 12.9. The van der Waals surface area contributed by atoms with Gasteiger partial charge in [-0.2, -0.15) is 0 Å². The van der Waals surface area contributed by atoms with Crippen molar-refractivity contribution in [3.05, 3.63) is 0 Å². The largest absolute Gasteiger partial charge is 0.453 e. The van der Waals surface area contributed by atoms with Crippen LogP contribution in [0.25, 0.3) is 0 Å². The molecule has 0 aromatic carbocycles. The Bertz CT molecular complexity index is 298. The molecular formula is C10H19N3O4. The molecule has 0 radical (unpaired) electrons. The van der Waals surface area contributed by atoms with Crippen LogP contribution in [0, 0.1) is 0 Å². The van der Waals surface area contributed by atoms with E-state index in [0.29, 0.717) is 32.5 Å². The third-order valence-corrected chi connectivity index (χ3v) is 3.00. The molecule has 0 saturated carbocycles. The summed E-state index contributed by atoms with van der Waals surface area (Å²) < 4.78 is 10.2. The Morgan fingerprint density at radius 3 is 2.53 bits per heavy atom. The number of hydrogen-bond donors (Lipinski definition) is 2. The molecule has 1 aliphatic rings. The lowest BCUT2D eigenvalue weighted by atomic mass is 9.90. The Morgan fingerprint density at radius 2 is 2.12 bits per heavy atom. The minimum absolute atomic E-state index is 0.0591. The second-order valence-corrected chi connectivity index (χ2v) is 3.87. The van der Waals surface area contributed by atoms with Gasteiger partial charge >= 0.3 is 6.09 Å². The number of piperidine rings is 1. The molecule has 0 bridgehead atoms. The average molecular weight is 245 g/mol. The molecule has 3 N–H and O–H groups in total. The molecule has 1 saturated heterocycles. The number of oxime groups is 1. The second-order valence-electron chi connectivity index (χ2n) is 3.87. The van der Waals surface area contributed by atoms with Gasteiger partial charge in [-0.25, -0.2) is 4.79 Å². The van der Waals surface area contributed by atoms with Crippen molar-refractivity contribution in [1.82, 2.24) is 4.90 Å². The third kappa shape index (κ3) is 2.79. The summed E-state index contributed by atoms with van der Waals surface area (Å²) in [6.45, 7) is 3.24. The number of carbonyl (C=O) groups excluding carboxylic acids is 1. The van der Waals surface area contributed by atoms with E-state index in [4.69, 9.17) is 15.7 Å². The molecule has 1 amide bonds. The first-order valence-corrected chi connectivity index (χ1v) is 5.54. The number of methoxy groups -OCH3 is 1. The first-order valence-electron chi connectivity index (χ1n) is 5.54. The molecule has 98 valence electrons. The van der Waals surface area contributed by atoms with Gasteiger partial charge in [0.15, 0.2) is 5.84 Å². The number of nitrogens with zero attached hydrogens (tertiary/aromatic N) is 2. The van der Waals surface area contributed by atoms with Crippen molar-refractivity contribution >= 4 is 11.9 Å². The Hall–Kier alpha value is -1.50. The fourth-order valence-corrected chi connectivity index (χ4v) is 2.02. The number of amidine groups is 1. The van der Waals surface area contributed by atoms with Gasteiger partial charge in [-0.05, 0) is 6.92 Å². The molecule has 1 fully saturated rings. The quantitative estimate of drug-likeness (QED) is 0.324. The van der Waals surface area contributed by atoms with Gasteiger partial charge in [0.1, 0.15) is 5.60 Å². The molecule has 0 aliphatic carbocycles. The van der Waals surface area contributed by atoms with Crippen LogP contribution in [-0.2, 0) is 9.47 Å². The molecule has 0 unspecified atom stereocenters. The van der Waals surface area contributed by atoms with Crippen LogP contribution in [0.3, 0.4) is 0 Å². The predicted octanol–water partition coefficient (Wildman–Crippen LogP) is 0.370. The number of rotatable bonds is 3. The topological polar surface area (TPSA) is 97.4 Å². The average Bonchev–Trinajstić information content (AvgIpc) is 2.38. The van der Waals surface area contributed by atoms with Gasteiger partial charge < -0.3 is 25.3 Å². The minimum Gasteiger partial charge on any atom is -0.453 e. The summed E-state index contributed by atoms with van der Waals surface area (Å²) in [7, 11) is 1.34. The van der Waals surface area contributed by atoms with E-state index in [9.17, 15) is 4.79 Å². The van der Waals surface area contributed by atoms with E-state index >= 15 is 0 Å². The maximum absolute atomic E-state index is 11.3. The molecule has 0 aromatic rings. The maximum atomic E-state index is 11.3. The van der Waals surface area contributed by atoms with Crippen molar-refractivity contribution in [3.63, 3.8) is 0 Å². The van der Waals surface area contributed by atoms with Crippen LogP contribution >= 0.6 is 0 Å². The SMILES string of the molecule is CCOC1(C(N)=NO)CCN(C(=O)OC)CC1. The Balaban J connectivity index is 2.71. The van der Waals surface area contributed by atoms with E-state index in [-0.39, 0.29) is 11.9 Å². The van der Waals surface area contributed by atoms with Gasteiger partial charge in [0, 0.05) is 32.5 Å². The number of nitrogens with two attached hydrogens (primary N) is 1. The Labute approximate surface area is 100 Å². The van der Waals surface area contributed by atoms with E-state index < -0.39 is 5.60 Å². The van der Waals surface area contributed by atoms with Crippen LogP contribution < -0.4 is 5.73 Å². The highest BCUT2D eigenvalue weighted by atomic mass is 16.5. The molecule has 1 aliphatic heterocycles. The zero-order valence-electron chi connectivity index (χ0n) is 10.2. The van der Waals surface area contributed by atoms with Gasteiger partial charge in [-0.1, -0.05) is 5.16 Å². The van der Waals surface area contributed by atoms with Crippen LogP contribution in [0.1, 0.15) is 19.8 Å². The summed E-state index contributed by atoms with van der Waals surface area (Å²) in [6, 6.07) is 0. The van der Waals surface area contributed by atoms with Gasteiger partial charge in [-0.15, -0.1) is 0 Å². The summed E-state index contributed by atoms with van der Waals surface area (Å²) in [6.07, 6.45) is 0.618. The lowest BCUT2D eigenvalue weighted by Gasteiger charge is -2.39. The molecular weight excluding hydrogens is 226 g/mol. The zero-order chi connectivity index (χ0) is 12.9. The highest BCUT2D eigenvalue weighted by molar-refractivity contribution is 5.89. The first kappa shape index (κ1) is 13.6.